The maximum absolute atomic E-state index is 2.48. The van der Waals surface area contributed by atoms with E-state index in [-0.39, 0.29) is 0 Å². The zero-order chi connectivity index (χ0) is 9.14. The quantitative estimate of drug-likeness (QED) is 0.543. The van der Waals surface area contributed by atoms with Crippen molar-refractivity contribution in [2.75, 3.05) is 0 Å². The predicted molar refractivity (Wildman–Crippen MR) is 55.1 cm³/mol. The molecule has 0 heteroatoms. The molecule has 1 rings (SSSR count). The van der Waals surface area contributed by atoms with Crippen molar-refractivity contribution in [3.63, 3.8) is 0 Å². The SMILES string of the molecule is CC[C@H](C)C1=CCC(C)[C@@H](C)C1. The van der Waals surface area contributed by atoms with Crippen molar-refractivity contribution < 1.29 is 0 Å². The number of hydrogen-bond acceptors (Lipinski definition) is 0. The Kier molecular flexibility index (Phi) is 3.37. The van der Waals surface area contributed by atoms with E-state index < -0.39 is 0 Å². The Bertz CT molecular complexity index is 167. The summed E-state index contributed by atoms with van der Waals surface area (Å²) in [5.74, 6) is 2.62. The second kappa shape index (κ2) is 4.11. The zero-order valence-electron chi connectivity index (χ0n) is 8.93. The molecule has 0 N–H and O–H groups in total. The molecule has 70 valence electrons. The third-order valence-corrected chi connectivity index (χ3v) is 3.53. The molecule has 12 heavy (non-hydrogen) atoms. The van der Waals surface area contributed by atoms with E-state index in [4.69, 9.17) is 0 Å². The van der Waals surface area contributed by atoms with Crippen molar-refractivity contribution in [3.8, 4) is 0 Å². The molecule has 0 saturated carbocycles. The summed E-state index contributed by atoms with van der Waals surface area (Å²) in [5, 5.41) is 0. The molecule has 0 spiro atoms. The summed E-state index contributed by atoms with van der Waals surface area (Å²) in [7, 11) is 0. The van der Waals surface area contributed by atoms with Gasteiger partial charge in [0.2, 0.25) is 0 Å². The fourth-order valence-corrected chi connectivity index (χ4v) is 1.89. The molecule has 0 radical (unpaired) electrons. The van der Waals surface area contributed by atoms with Gasteiger partial charge in [0.1, 0.15) is 0 Å². The van der Waals surface area contributed by atoms with E-state index in [1.54, 1.807) is 5.57 Å². The second-order valence-electron chi connectivity index (χ2n) is 4.48. The largest absolute Gasteiger partial charge is 0.0848 e. The number of allylic oxidation sites excluding steroid dienone is 2. The van der Waals surface area contributed by atoms with Crippen LogP contribution in [0.25, 0.3) is 0 Å². The molecule has 0 saturated heterocycles. The summed E-state index contributed by atoms with van der Waals surface area (Å²) < 4.78 is 0. The minimum absolute atomic E-state index is 0.819. The van der Waals surface area contributed by atoms with Gasteiger partial charge in [0.25, 0.3) is 0 Å². The minimum atomic E-state index is 0.819. The van der Waals surface area contributed by atoms with Crippen LogP contribution in [0.4, 0.5) is 0 Å². The molecular weight excluding hydrogens is 144 g/mol. The van der Waals surface area contributed by atoms with Gasteiger partial charge >= 0.3 is 0 Å². The normalized spacial score (nSPS) is 32.8. The van der Waals surface area contributed by atoms with Crippen LogP contribution in [0.2, 0.25) is 0 Å². The topological polar surface area (TPSA) is 0 Å². The van der Waals surface area contributed by atoms with Crippen molar-refractivity contribution >= 4 is 0 Å². The monoisotopic (exact) mass is 166 g/mol. The van der Waals surface area contributed by atoms with E-state index in [9.17, 15) is 0 Å². The van der Waals surface area contributed by atoms with E-state index in [1.165, 1.54) is 19.3 Å². The highest BCUT2D eigenvalue weighted by Gasteiger charge is 2.20. The third-order valence-electron chi connectivity index (χ3n) is 3.53. The Labute approximate surface area is 77.1 Å². The van der Waals surface area contributed by atoms with Crippen LogP contribution in [-0.4, -0.2) is 0 Å². The fourth-order valence-electron chi connectivity index (χ4n) is 1.89. The molecule has 0 aromatic rings. The molecule has 1 unspecified atom stereocenters. The fraction of sp³-hybridized carbons (Fsp3) is 0.833. The molecule has 0 nitrogen and oxygen atoms in total. The first kappa shape index (κ1) is 9.83. The molecule has 0 amide bonds. The van der Waals surface area contributed by atoms with E-state index in [0.29, 0.717) is 0 Å². The summed E-state index contributed by atoms with van der Waals surface area (Å²) in [6.07, 6.45) is 6.43. The van der Waals surface area contributed by atoms with Gasteiger partial charge < -0.3 is 0 Å². The standard InChI is InChI=1S/C12H22/c1-5-9(2)12-7-6-10(3)11(4)8-12/h7,9-11H,5-6,8H2,1-4H3/t9-,10?,11-/m0/s1. The predicted octanol–water partition coefficient (Wildman–Crippen LogP) is 4.02. The van der Waals surface area contributed by atoms with Crippen molar-refractivity contribution in [2.45, 2.75) is 47.0 Å². The molecule has 0 heterocycles. The lowest BCUT2D eigenvalue weighted by atomic mass is 9.78. The first-order valence-corrected chi connectivity index (χ1v) is 5.34. The molecule has 0 aliphatic heterocycles. The summed E-state index contributed by atoms with van der Waals surface area (Å²) in [6, 6.07) is 0. The Morgan fingerprint density at radius 3 is 2.58 bits per heavy atom. The maximum atomic E-state index is 2.48. The zero-order valence-corrected chi connectivity index (χ0v) is 8.93. The van der Waals surface area contributed by atoms with Gasteiger partial charge in [0, 0.05) is 0 Å². The Hall–Kier alpha value is -0.260. The Morgan fingerprint density at radius 1 is 1.42 bits per heavy atom. The highest BCUT2D eigenvalue weighted by Crippen LogP contribution is 2.33. The van der Waals surface area contributed by atoms with Crippen LogP contribution in [0.15, 0.2) is 11.6 Å². The summed E-state index contributed by atoms with van der Waals surface area (Å²) in [4.78, 5) is 0. The first-order chi connectivity index (χ1) is 5.65. The summed E-state index contributed by atoms with van der Waals surface area (Å²) in [6.45, 7) is 9.40. The third kappa shape index (κ3) is 2.12. The molecule has 0 aromatic heterocycles. The van der Waals surface area contributed by atoms with Crippen LogP contribution >= 0.6 is 0 Å². The molecule has 0 bridgehead atoms. The van der Waals surface area contributed by atoms with E-state index in [2.05, 4.69) is 33.8 Å². The van der Waals surface area contributed by atoms with Gasteiger partial charge in [-0.1, -0.05) is 39.3 Å². The average Bonchev–Trinajstić information content (AvgIpc) is 2.08. The minimum Gasteiger partial charge on any atom is -0.0848 e. The van der Waals surface area contributed by atoms with Crippen LogP contribution in [0.5, 0.6) is 0 Å². The van der Waals surface area contributed by atoms with Gasteiger partial charge in [-0.25, -0.2) is 0 Å². The molecule has 1 aliphatic carbocycles. The first-order valence-electron chi connectivity index (χ1n) is 5.34. The van der Waals surface area contributed by atoms with Crippen molar-refractivity contribution in [2.24, 2.45) is 17.8 Å². The lowest BCUT2D eigenvalue weighted by Gasteiger charge is -2.28. The van der Waals surface area contributed by atoms with Gasteiger partial charge in [0.15, 0.2) is 0 Å². The average molecular weight is 166 g/mol. The van der Waals surface area contributed by atoms with Crippen LogP contribution in [0.1, 0.15) is 47.0 Å². The van der Waals surface area contributed by atoms with Crippen LogP contribution in [-0.2, 0) is 0 Å². The van der Waals surface area contributed by atoms with E-state index in [0.717, 1.165) is 17.8 Å². The van der Waals surface area contributed by atoms with Crippen LogP contribution in [0.3, 0.4) is 0 Å². The summed E-state index contributed by atoms with van der Waals surface area (Å²) in [5.41, 5.74) is 1.71. The van der Waals surface area contributed by atoms with Gasteiger partial charge in [-0.15, -0.1) is 0 Å². The Morgan fingerprint density at radius 2 is 2.08 bits per heavy atom. The molecule has 1 aliphatic rings. The van der Waals surface area contributed by atoms with Crippen molar-refractivity contribution in [1.82, 2.24) is 0 Å². The van der Waals surface area contributed by atoms with Crippen molar-refractivity contribution in [3.05, 3.63) is 11.6 Å². The highest BCUT2D eigenvalue weighted by atomic mass is 14.3. The van der Waals surface area contributed by atoms with Crippen LogP contribution < -0.4 is 0 Å². The van der Waals surface area contributed by atoms with Gasteiger partial charge in [-0.3, -0.25) is 0 Å². The Balaban J connectivity index is 2.57. The highest BCUT2D eigenvalue weighted by molar-refractivity contribution is 5.10. The van der Waals surface area contributed by atoms with Gasteiger partial charge in [-0.2, -0.15) is 0 Å². The van der Waals surface area contributed by atoms with E-state index >= 15 is 0 Å². The summed E-state index contributed by atoms with van der Waals surface area (Å²) >= 11 is 0. The lowest BCUT2D eigenvalue weighted by molar-refractivity contribution is 0.352. The second-order valence-corrected chi connectivity index (χ2v) is 4.48. The molecule has 0 fully saturated rings. The smallest absolute Gasteiger partial charge is 0.0234 e. The molecule has 0 aromatic carbocycles. The van der Waals surface area contributed by atoms with Gasteiger partial charge in [-0.05, 0) is 37.0 Å². The number of rotatable bonds is 2. The van der Waals surface area contributed by atoms with E-state index in [1.807, 2.05) is 0 Å². The lowest BCUT2D eigenvalue weighted by Crippen LogP contribution is -2.15. The molecular formula is C12H22. The number of hydrogen-bond donors (Lipinski definition) is 0. The van der Waals surface area contributed by atoms with Crippen molar-refractivity contribution in [1.29, 1.82) is 0 Å². The van der Waals surface area contributed by atoms with Gasteiger partial charge in [0.05, 0.1) is 0 Å². The molecule has 3 atom stereocenters. The maximum Gasteiger partial charge on any atom is -0.0234 e. The van der Waals surface area contributed by atoms with Crippen LogP contribution in [0, 0.1) is 17.8 Å².